The lowest BCUT2D eigenvalue weighted by atomic mass is 10.1. The van der Waals surface area contributed by atoms with E-state index < -0.39 is 0 Å². The van der Waals surface area contributed by atoms with Crippen molar-refractivity contribution in [2.45, 2.75) is 83.1 Å². The van der Waals surface area contributed by atoms with Gasteiger partial charge < -0.3 is 0 Å². The van der Waals surface area contributed by atoms with E-state index in [0.29, 0.717) is 22.6 Å². The molecule has 0 aliphatic rings. The predicted molar refractivity (Wildman–Crippen MR) is 301 cm³/mol. The van der Waals surface area contributed by atoms with Crippen LogP contribution in [-0.2, 0) is 0 Å². The average molecular weight is 1050 g/mol. The first-order valence-electron chi connectivity index (χ1n) is 24.6. The van der Waals surface area contributed by atoms with Gasteiger partial charge in [-0.05, 0) is 141 Å². The normalized spacial score (nSPS) is 10.6. The second-order valence-corrected chi connectivity index (χ2v) is 18.3. The zero-order valence-electron chi connectivity index (χ0n) is 45.4. The molecule has 12 aromatic heterocycles. The van der Waals surface area contributed by atoms with Gasteiger partial charge in [0.15, 0.2) is 11.3 Å². The van der Waals surface area contributed by atoms with Gasteiger partial charge in [0.2, 0.25) is 5.78 Å². The van der Waals surface area contributed by atoms with Crippen molar-refractivity contribution in [3.05, 3.63) is 264 Å². The third-order valence-corrected chi connectivity index (χ3v) is 12.5. The van der Waals surface area contributed by atoms with Crippen molar-refractivity contribution < 1.29 is 0 Å². The summed E-state index contributed by atoms with van der Waals surface area (Å²) in [7, 11) is 0. The lowest BCUT2D eigenvalue weighted by molar-refractivity contribution is 0.859. The van der Waals surface area contributed by atoms with Gasteiger partial charge in [-0.3, -0.25) is 51.4 Å². The summed E-state index contributed by atoms with van der Waals surface area (Å²) in [4.78, 5) is 97.5. The summed E-state index contributed by atoms with van der Waals surface area (Å²) in [6.07, 6.45) is 12.7. The third kappa shape index (κ3) is 12.1. The standard InChI is InChI=1S/C12H13NO.C10H11N3O.2C10H10N2O.2C8H7N3O/c1-8-4-6-10(3)13-11(14)7-5-9(2)12(8)13;1-6-4-12-9-8(3)11-5-7(2)13(9)10(6)14;1-7-3-4-9(13)12-8(2)5-6-11-10(7)12;1-7-3-4-8(2)12-9(13)5-6-11-10(7)12;1-6-2-5-10-11-7(12)3-4-9-8(6)11;1-6-2-4-9-8-10-5-3-7(12)11(6)8/h4-7H,1-3H3;4-5H,1-3H3;2*3-6H,1-2H3;2*2-5H,1H3. The fourth-order valence-corrected chi connectivity index (χ4v) is 8.32. The zero-order chi connectivity index (χ0) is 56.5. The highest BCUT2D eigenvalue weighted by Crippen LogP contribution is 2.15. The highest BCUT2D eigenvalue weighted by Gasteiger charge is 2.08. The Hall–Kier alpha value is -9.98. The van der Waals surface area contributed by atoms with E-state index in [4.69, 9.17) is 0 Å². The number of aromatic nitrogens is 14. The van der Waals surface area contributed by atoms with E-state index in [1.807, 2.05) is 113 Å². The topological polar surface area (TPSA) is 232 Å². The lowest BCUT2D eigenvalue weighted by Gasteiger charge is -2.09. The molecule has 12 heterocycles. The second kappa shape index (κ2) is 24.1. The van der Waals surface area contributed by atoms with Gasteiger partial charge in [-0.15, -0.1) is 0 Å². The number of rotatable bonds is 0. The van der Waals surface area contributed by atoms with E-state index in [1.165, 1.54) is 39.5 Å². The smallest absolute Gasteiger partial charge is 0.274 e. The fraction of sp³-hybridized carbons (Fsp3) is 0.207. The van der Waals surface area contributed by atoms with Crippen LogP contribution < -0.4 is 33.4 Å². The number of hydrogen-bond donors (Lipinski definition) is 0. The average Bonchev–Trinajstić information content (AvgIpc) is 3.46. The Morgan fingerprint density at radius 1 is 0.295 bits per heavy atom. The Kier molecular flexibility index (Phi) is 17.3. The van der Waals surface area contributed by atoms with Gasteiger partial charge in [-0.2, -0.15) is 9.61 Å². The van der Waals surface area contributed by atoms with Crippen LogP contribution in [0.5, 0.6) is 0 Å². The molecule has 0 aliphatic heterocycles. The molecule has 0 amide bonds. The minimum absolute atomic E-state index is 0.0157. The lowest BCUT2D eigenvalue weighted by Crippen LogP contribution is -2.20. The van der Waals surface area contributed by atoms with Gasteiger partial charge in [0.1, 0.15) is 11.3 Å². The van der Waals surface area contributed by atoms with Crippen molar-refractivity contribution in [1.82, 2.24) is 66.5 Å². The number of hydrogen-bond acceptors (Lipinski definition) is 14. The van der Waals surface area contributed by atoms with Gasteiger partial charge in [0.05, 0.1) is 11.2 Å². The van der Waals surface area contributed by atoms with E-state index in [9.17, 15) is 28.8 Å². The van der Waals surface area contributed by atoms with Gasteiger partial charge in [-0.25, -0.2) is 34.3 Å². The van der Waals surface area contributed by atoms with Gasteiger partial charge >= 0.3 is 0 Å². The molecule has 0 atom stereocenters. The van der Waals surface area contributed by atoms with E-state index in [1.54, 1.807) is 86.0 Å². The predicted octanol–water partition coefficient (Wildman–Crippen LogP) is 6.66. The van der Waals surface area contributed by atoms with Crippen LogP contribution in [0.3, 0.4) is 0 Å². The molecule has 0 fully saturated rings. The van der Waals surface area contributed by atoms with Crippen LogP contribution in [-0.4, -0.2) is 66.5 Å². The van der Waals surface area contributed by atoms with Crippen LogP contribution in [0.2, 0.25) is 0 Å². The van der Waals surface area contributed by atoms with Gasteiger partial charge in [0.25, 0.3) is 33.4 Å². The van der Waals surface area contributed by atoms with Crippen LogP contribution in [0, 0.1) is 83.1 Å². The highest BCUT2D eigenvalue weighted by molar-refractivity contribution is 5.60. The summed E-state index contributed by atoms with van der Waals surface area (Å²) < 4.78 is 9.36. The Morgan fingerprint density at radius 2 is 0.731 bits per heavy atom. The maximum atomic E-state index is 11.8. The molecule has 20 nitrogen and oxygen atoms in total. The van der Waals surface area contributed by atoms with Crippen LogP contribution >= 0.6 is 0 Å². The summed E-state index contributed by atoms with van der Waals surface area (Å²) in [5, 5.41) is 3.88. The molecule has 20 heteroatoms. The number of nitrogens with zero attached hydrogens (tertiary/aromatic N) is 14. The maximum absolute atomic E-state index is 11.8. The number of fused-ring (bicyclic) bond motifs is 6. The quantitative estimate of drug-likeness (QED) is 0.155. The summed E-state index contributed by atoms with van der Waals surface area (Å²) in [5.41, 5.74) is 14.7. The molecule has 0 saturated heterocycles. The molecule has 0 N–H and O–H groups in total. The number of aryl methyl sites for hydroxylation is 12. The maximum Gasteiger partial charge on any atom is 0.274 e. The van der Waals surface area contributed by atoms with E-state index in [-0.39, 0.29) is 33.4 Å². The first-order chi connectivity index (χ1) is 37.2. The Morgan fingerprint density at radius 3 is 1.31 bits per heavy atom. The first kappa shape index (κ1) is 55.8. The van der Waals surface area contributed by atoms with Crippen molar-refractivity contribution in [1.29, 1.82) is 0 Å². The van der Waals surface area contributed by atoms with E-state index >= 15 is 0 Å². The summed E-state index contributed by atoms with van der Waals surface area (Å²) >= 11 is 0. The Bertz CT molecular complexity index is 4530. The van der Waals surface area contributed by atoms with E-state index in [2.05, 4.69) is 46.1 Å². The zero-order valence-corrected chi connectivity index (χ0v) is 45.4. The van der Waals surface area contributed by atoms with E-state index in [0.717, 1.165) is 78.8 Å². The largest absolute Gasteiger partial charge is 0.281 e. The minimum Gasteiger partial charge on any atom is -0.281 e. The second-order valence-electron chi connectivity index (χ2n) is 18.3. The molecule has 0 radical (unpaired) electrons. The molecule has 78 heavy (non-hydrogen) atoms. The van der Waals surface area contributed by atoms with Crippen molar-refractivity contribution in [3.8, 4) is 0 Å². The molecular formula is C58H58N14O6. The fourth-order valence-electron chi connectivity index (χ4n) is 8.32. The Balaban J connectivity index is 0.000000136. The highest BCUT2D eigenvalue weighted by atomic mass is 16.1. The van der Waals surface area contributed by atoms with Crippen LogP contribution in [0.15, 0.2) is 163 Å². The first-order valence-corrected chi connectivity index (χ1v) is 24.6. The van der Waals surface area contributed by atoms with Crippen molar-refractivity contribution >= 4 is 33.9 Å². The van der Waals surface area contributed by atoms with Crippen LogP contribution in [0.4, 0.5) is 0 Å². The molecule has 12 aromatic rings. The molecule has 396 valence electrons. The van der Waals surface area contributed by atoms with Crippen molar-refractivity contribution in [2.75, 3.05) is 0 Å². The van der Waals surface area contributed by atoms with Gasteiger partial charge in [0, 0.05) is 114 Å². The molecule has 12 rings (SSSR count). The number of pyridine rings is 4. The summed E-state index contributed by atoms with van der Waals surface area (Å²) in [6, 6.07) is 24.5. The molecule has 0 saturated carbocycles. The molecule has 0 spiro atoms. The van der Waals surface area contributed by atoms with Gasteiger partial charge in [-0.1, -0.05) is 24.3 Å². The van der Waals surface area contributed by atoms with Crippen LogP contribution in [0.1, 0.15) is 67.5 Å². The summed E-state index contributed by atoms with van der Waals surface area (Å²) in [6.45, 7) is 22.9. The molecule has 0 bridgehead atoms. The van der Waals surface area contributed by atoms with Crippen molar-refractivity contribution in [3.63, 3.8) is 0 Å². The SMILES string of the molecule is Cc1ccc(=O)n2c(C)ccnc12.Cc1ccc(C)n2c(=O)ccc(C)c12.Cc1ccc(C)n2c(=O)ccnc12.Cc1ccnc2nccc(=O)n12.Cc1ccnn2c(=O)ccnc12.Cc1cnc2c(C)ncc(C)n2c1=O. The molecule has 0 aromatic carbocycles. The summed E-state index contributed by atoms with van der Waals surface area (Å²) in [5.74, 6) is 0.447. The third-order valence-electron chi connectivity index (χ3n) is 12.5. The molecular weight excluding hydrogens is 989 g/mol. The monoisotopic (exact) mass is 1050 g/mol. The van der Waals surface area contributed by atoms with Crippen molar-refractivity contribution in [2.24, 2.45) is 0 Å². The Labute approximate surface area is 446 Å². The van der Waals surface area contributed by atoms with Crippen LogP contribution in [0.25, 0.3) is 33.9 Å². The minimum atomic E-state index is -0.149. The molecule has 0 aliphatic carbocycles. The molecule has 0 unspecified atom stereocenters.